The van der Waals surface area contributed by atoms with Gasteiger partial charge in [0.05, 0.1) is 13.0 Å². The third-order valence-corrected chi connectivity index (χ3v) is 4.03. The van der Waals surface area contributed by atoms with Gasteiger partial charge in [-0.3, -0.25) is 9.69 Å². The lowest BCUT2D eigenvalue weighted by Crippen LogP contribution is -2.28. The fourth-order valence-electron chi connectivity index (χ4n) is 3.07. The van der Waals surface area contributed by atoms with Crippen LogP contribution in [0.3, 0.4) is 0 Å². The highest BCUT2D eigenvalue weighted by Crippen LogP contribution is 2.31. The van der Waals surface area contributed by atoms with Crippen molar-refractivity contribution in [1.29, 1.82) is 0 Å². The number of aryl methyl sites for hydroxylation is 2. The zero-order chi connectivity index (χ0) is 14.5. The molecule has 1 fully saturated rings. The molecular formula is C17H25NO2. The predicted octanol–water partition coefficient (Wildman–Crippen LogP) is 3.39. The smallest absolute Gasteiger partial charge is 0.307 e. The second-order valence-electron chi connectivity index (χ2n) is 5.63. The first-order valence-electron chi connectivity index (χ1n) is 7.58. The summed E-state index contributed by atoms with van der Waals surface area (Å²) in [5, 5.41) is 0. The Labute approximate surface area is 121 Å². The van der Waals surface area contributed by atoms with Gasteiger partial charge in [-0.05, 0) is 57.8 Å². The Morgan fingerprint density at radius 1 is 1.30 bits per heavy atom. The summed E-state index contributed by atoms with van der Waals surface area (Å²) in [6.07, 6.45) is 2.91. The standard InChI is InChI=1S/C17H25NO2/c1-4-20-17(19)12-16(18-9-5-6-10-18)15-8-7-13(2)11-14(15)3/h7-8,11,16H,4-6,9-10,12H2,1-3H3. The second-order valence-corrected chi connectivity index (χ2v) is 5.63. The predicted molar refractivity (Wildman–Crippen MR) is 80.7 cm³/mol. The number of nitrogens with zero attached hydrogens (tertiary/aromatic N) is 1. The summed E-state index contributed by atoms with van der Waals surface area (Å²) in [5.74, 6) is -0.0932. The molecule has 1 unspecified atom stereocenters. The van der Waals surface area contributed by atoms with E-state index in [-0.39, 0.29) is 12.0 Å². The number of carbonyl (C=O) groups excluding carboxylic acids is 1. The molecule has 1 aromatic rings. The molecule has 0 spiro atoms. The van der Waals surface area contributed by atoms with Gasteiger partial charge in [0.1, 0.15) is 0 Å². The molecule has 0 amide bonds. The van der Waals surface area contributed by atoms with Gasteiger partial charge in [-0.15, -0.1) is 0 Å². The summed E-state index contributed by atoms with van der Waals surface area (Å²) in [7, 11) is 0. The van der Waals surface area contributed by atoms with E-state index in [1.54, 1.807) is 0 Å². The van der Waals surface area contributed by atoms with E-state index in [1.165, 1.54) is 29.5 Å². The number of esters is 1. The van der Waals surface area contributed by atoms with Gasteiger partial charge in [-0.2, -0.15) is 0 Å². The van der Waals surface area contributed by atoms with Crippen molar-refractivity contribution >= 4 is 5.97 Å². The second kappa shape index (κ2) is 6.89. The molecule has 1 aliphatic heterocycles. The van der Waals surface area contributed by atoms with Crippen LogP contribution in [0.2, 0.25) is 0 Å². The third-order valence-electron chi connectivity index (χ3n) is 4.03. The van der Waals surface area contributed by atoms with Crippen LogP contribution in [-0.2, 0) is 9.53 Å². The molecule has 2 rings (SSSR count). The van der Waals surface area contributed by atoms with Crippen LogP contribution in [0.15, 0.2) is 18.2 Å². The quantitative estimate of drug-likeness (QED) is 0.771. The average molecular weight is 275 g/mol. The van der Waals surface area contributed by atoms with E-state index in [0.29, 0.717) is 13.0 Å². The maximum Gasteiger partial charge on any atom is 0.307 e. The van der Waals surface area contributed by atoms with Gasteiger partial charge in [0.2, 0.25) is 0 Å². The lowest BCUT2D eigenvalue weighted by atomic mass is 9.96. The summed E-state index contributed by atoms with van der Waals surface area (Å²) in [4.78, 5) is 14.3. The van der Waals surface area contributed by atoms with Crippen LogP contribution in [0.5, 0.6) is 0 Å². The molecule has 0 aliphatic carbocycles. The Kier molecular flexibility index (Phi) is 5.18. The van der Waals surface area contributed by atoms with Gasteiger partial charge in [0, 0.05) is 6.04 Å². The Morgan fingerprint density at radius 3 is 2.60 bits per heavy atom. The topological polar surface area (TPSA) is 29.5 Å². The van der Waals surface area contributed by atoms with E-state index in [2.05, 4.69) is 36.9 Å². The van der Waals surface area contributed by atoms with E-state index in [1.807, 2.05) is 6.92 Å². The van der Waals surface area contributed by atoms with Crippen LogP contribution < -0.4 is 0 Å². The molecule has 0 N–H and O–H groups in total. The van der Waals surface area contributed by atoms with Crippen LogP contribution in [0.4, 0.5) is 0 Å². The zero-order valence-corrected chi connectivity index (χ0v) is 12.8. The van der Waals surface area contributed by atoms with Crippen molar-refractivity contribution in [3.8, 4) is 0 Å². The number of rotatable bonds is 5. The summed E-state index contributed by atoms with van der Waals surface area (Å²) in [6.45, 7) is 8.72. The number of ether oxygens (including phenoxy) is 1. The van der Waals surface area contributed by atoms with Crippen LogP contribution in [0, 0.1) is 13.8 Å². The van der Waals surface area contributed by atoms with Crippen molar-refractivity contribution in [1.82, 2.24) is 4.90 Å². The van der Waals surface area contributed by atoms with Crippen molar-refractivity contribution in [2.24, 2.45) is 0 Å². The fourth-order valence-corrected chi connectivity index (χ4v) is 3.07. The highest BCUT2D eigenvalue weighted by molar-refractivity contribution is 5.70. The normalized spacial score (nSPS) is 17.1. The number of carbonyl (C=O) groups is 1. The molecule has 110 valence electrons. The molecule has 3 nitrogen and oxygen atoms in total. The first kappa shape index (κ1) is 15.0. The van der Waals surface area contributed by atoms with Gasteiger partial charge >= 0.3 is 5.97 Å². The fraction of sp³-hybridized carbons (Fsp3) is 0.588. The summed E-state index contributed by atoms with van der Waals surface area (Å²) >= 11 is 0. The maximum atomic E-state index is 11.9. The molecular weight excluding hydrogens is 250 g/mol. The molecule has 20 heavy (non-hydrogen) atoms. The number of likely N-dealkylation sites (tertiary alicyclic amines) is 1. The van der Waals surface area contributed by atoms with Gasteiger partial charge in [-0.25, -0.2) is 0 Å². The first-order valence-corrected chi connectivity index (χ1v) is 7.58. The summed E-state index contributed by atoms with van der Waals surface area (Å²) < 4.78 is 5.15. The lowest BCUT2D eigenvalue weighted by Gasteiger charge is -2.28. The Balaban J connectivity index is 2.22. The molecule has 0 bridgehead atoms. The van der Waals surface area contributed by atoms with Crippen LogP contribution >= 0.6 is 0 Å². The largest absolute Gasteiger partial charge is 0.466 e. The molecule has 1 aromatic carbocycles. The zero-order valence-electron chi connectivity index (χ0n) is 12.8. The average Bonchev–Trinajstić information content (AvgIpc) is 2.90. The lowest BCUT2D eigenvalue weighted by molar-refractivity contribution is -0.144. The highest BCUT2D eigenvalue weighted by Gasteiger charge is 2.27. The minimum atomic E-state index is -0.0932. The van der Waals surface area contributed by atoms with Crippen LogP contribution in [0.25, 0.3) is 0 Å². The van der Waals surface area contributed by atoms with Crippen molar-refractivity contribution < 1.29 is 9.53 Å². The monoisotopic (exact) mass is 275 g/mol. The number of hydrogen-bond acceptors (Lipinski definition) is 3. The first-order chi connectivity index (χ1) is 9.61. The van der Waals surface area contributed by atoms with Gasteiger partial charge in [0.25, 0.3) is 0 Å². The molecule has 1 atom stereocenters. The van der Waals surface area contributed by atoms with E-state index in [0.717, 1.165) is 13.1 Å². The minimum absolute atomic E-state index is 0.0932. The molecule has 0 saturated carbocycles. The Morgan fingerprint density at radius 2 is 2.00 bits per heavy atom. The minimum Gasteiger partial charge on any atom is -0.466 e. The van der Waals surface area contributed by atoms with Crippen LogP contribution in [0.1, 0.15) is 48.9 Å². The molecule has 1 aliphatic rings. The van der Waals surface area contributed by atoms with Crippen molar-refractivity contribution in [2.75, 3.05) is 19.7 Å². The molecule has 0 radical (unpaired) electrons. The van der Waals surface area contributed by atoms with E-state index < -0.39 is 0 Å². The van der Waals surface area contributed by atoms with E-state index in [4.69, 9.17) is 4.74 Å². The Bertz CT molecular complexity index is 464. The van der Waals surface area contributed by atoms with Crippen molar-refractivity contribution in [3.05, 3.63) is 34.9 Å². The molecule has 1 heterocycles. The van der Waals surface area contributed by atoms with Crippen molar-refractivity contribution in [2.45, 2.75) is 46.1 Å². The maximum absolute atomic E-state index is 11.9. The summed E-state index contributed by atoms with van der Waals surface area (Å²) in [5.41, 5.74) is 3.80. The third kappa shape index (κ3) is 3.60. The van der Waals surface area contributed by atoms with E-state index in [9.17, 15) is 4.79 Å². The van der Waals surface area contributed by atoms with Gasteiger partial charge in [-0.1, -0.05) is 23.8 Å². The molecule has 0 aromatic heterocycles. The number of benzene rings is 1. The Hall–Kier alpha value is -1.35. The number of hydrogen-bond donors (Lipinski definition) is 0. The SMILES string of the molecule is CCOC(=O)CC(c1ccc(C)cc1C)N1CCCC1. The highest BCUT2D eigenvalue weighted by atomic mass is 16.5. The van der Waals surface area contributed by atoms with E-state index >= 15 is 0 Å². The summed E-state index contributed by atoms with van der Waals surface area (Å²) in [6, 6.07) is 6.67. The van der Waals surface area contributed by atoms with Crippen molar-refractivity contribution in [3.63, 3.8) is 0 Å². The molecule has 1 saturated heterocycles. The van der Waals surface area contributed by atoms with Gasteiger partial charge in [0.15, 0.2) is 0 Å². The van der Waals surface area contributed by atoms with Crippen LogP contribution in [-0.4, -0.2) is 30.6 Å². The van der Waals surface area contributed by atoms with Gasteiger partial charge < -0.3 is 4.74 Å². The molecule has 3 heteroatoms.